The molecule has 0 saturated heterocycles. The Morgan fingerprint density at radius 3 is 2.47 bits per heavy atom. The first-order valence-corrected chi connectivity index (χ1v) is 5.30. The van der Waals surface area contributed by atoms with Crippen LogP contribution in [0.4, 0.5) is 0 Å². The van der Waals surface area contributed by atoms with Crippen LogP contribution in [0.2, 0.25) is 0 Å². The van der Waals surface area contributed by atoms with Gasteiger partial charge in [-0.25, -0.2) is 0 Å². The van der Waals surface area contributed by atoms with Gasteiger partial charge in [0, 0.05) is 12.6 Å². The Morgan fingerprint density at radius 2 is 2.07 bits per heavy atom. The second-order valence-corrected chi connectivity index (χ2v) is 4.56. The van der Waals surface area contributed by atoms with Gasteiger partial charge in [-0.15, -0.1) is 0 Å². The number of hydrogen-bond acceptors (Lipinski definition) is 4. The summed E-state index contributed by atoms with van der Waals surface area (Å²) >= 11 is 0. The van der Waals surface area contributed by atoms with Gasteiger partial charge in [0.2, 0.25) is 0 Å². The van der Waals surface area contributed by atoms with Crippen molar-refractivity contribution in [1.29, 1.82) is 0 Å². The van der Waals surface area contributed by atoms with Gasteiger partial charge in [-0.2, -0.15) is 0 Å². The summed E-state index contributed by atoms with van der Waals surface area (Å²) < 4.78 is 0. The third-order valence-electron chi connectivity index (χ3n) is 2.04. The Hall–Kier alpha value is -0.810. The summed E-state index contributed by atoms with van der Waals surface area (Å²) in [6, 6.07) is 0.375. The molecule has 0 radical (unpaired) electrons. The largest absolute Gasteiger partial charge is 0.409 e. The topological polar surface area (TPSA) is 73.9 Å². The molecule has 0 aliphatic carbocycles. The molecule has 15 heavy (non-hydrogen) atoms. The molecule has 0 aromatic heterocycles. The van der Waals surface area contributed by atoms with E-state index in [-0.39, 0.29) is 5.84 Å². The van der Waals surface area contributed by atoms with E-state index < -0.39 is 0 Å². The molecule has 0 fully saturated rings. The zero-order valence-corrected chi connectivity index (χ0v) is 10.2. The van der Waals surface area contributed by atoms with E-state index in [9.17, 15) is 0 Å². The Morgan fingerprint density at radius 1 is 1.47 bits per heavy atom. The van der Waals surface area contributed by atoms with Gasteiger partial charge >= 0.3 is 0 Å². The SMILES string of the molecule is CC(C)CC(CN(C)C)NCC(N)=NO. The Balaban J connectivity index is 4.00. The van der Waals surface area contributed by atoms with Crippen molar-refractivity contribution in [2.24, 2.45) is 16.8 Å². The second kappa shape index (κ2) is 7.48. The first-order chi connectivity index (χ1) is 6.95. The molecule has 0 aromatic carbocycles. The van der Waals surface area contributed by atoms with Gasteiger partial charge in [0.15, 0.2) is 5.84 Å². The highest BCUT2D eigenvalue weighted by molar-refractivity contribution is 5.81. The van der Waals surface area contributed by atoms with Crippen molar-refractivity contribution in [3.05, 3.63) is 0 Å². The highest BCUT2D eigenvalue weighted by atomic mass is 16.4. The summed E-state index contributed by atoms with van der Waals surface area (Å²) in [4.78, 5) is 2.13. The number of rotatable bonds is 7. The van der Waals surface area contributed by atoms with Crippen molar-refractivity contribution in [1.82, 2.24) is 10.2 Å². The molecule has 0 aromatic rings. The first-order valence-electron chi connectivity index (χ1n) is 5.30. The maximum absolute atomic E-state index is 8.42. The van der Waals surface area contributed by atoms with Crippen molar-refractivity contribution in [2.75, 3.05) is 27.2 Å². The van der Waals surface area contributed by atoms with Crippen molar-refractivity contribution >= 4 is 5.84 Å². The molecule has 90 valence electrons. The van der Waals surface area contributed by atoms with Crippen LogP contribution >= 0.6 is 0 Å². The predicted octanol–water partition coefficient (Wildman–Crippen LogP) is 0.299. The smallest absolute Gasteiger partial charge is 0.153 e. The highest BCUT2D eigenvalue weighted by Gasteiger charge is 2.11. The molecule has 0 aliphatic heterocycles. The van der Waals surface area contributed by atoms with Gasteiger partial charge in [-0.05, 0) is 26.4 Å². The molecule has 4 N–H and O–H groups in total. The minimum absolute atomic E-state index is 0.225. The van der Waals surface area contributed by atoms with E-state index >= 15 is 0 Å². The zero-order chi connectivity index (χ0) is 11.8. The van der Waals surface area contributed by atoms with Crippen LogP contribution in [0.1, 0.15) is 20.3 Å². The summed E-state index contributed by atoms with van der Waals surface area (Å²) in [5.41, 5.74) is 5.41. The number of amidine groups is 1. The van der Waals surface area contributed by atoms with Crippen LogP contribution in [0.15, 0.2) is 5.16 Å². The van der Waals surface area contributed by atoms with Crippen LogP contribution < -0.4 is 11.1 Å². The number of nitrogens with two attached hydrogens (primary N) is 1. The summed E-state index contributed by atoms with van der Waals surface area (Å²) in [5.74, 6) is 0.859. The molecule has 0 spiro atoms. The van der Waals surface area contributed by atoms with Crippen LogP contribution in [-0.4, -0.2) is 49.2 Å². The van der Waals surface area contributed by atoms with E-state index in [0.717, 1.165) is 13.0 Å². The Kier molecular flexibility index (Phi) is 7.07. The summed E-state index contributed by atoms with van der Waals surface area (Å²) in [6.45, 7) is 5.76. The monoisotopic (exact) mass is 216 g/mol. The third-order valence-corrected chi connectivity index (χ3v) is 2.04. The van der Waals surface area contributed by atoms with Crippen molar-refractivity contribution in [3.63, 3.8) is 0 Å². The number of likely N-dealkylation sites (N-methyl/N-ethyl adjacent to an activating group) is 1. The van der Waals surface area contributed by atoms with Crippen molar-refractivity contribution in [2.45, 2.75) is 26.3 Å². The molecule has 0 aliphatic rings. The zero-order valence-electron chi connectivity index (χ0n) is 10.2. The molecule has 5 heteroatoms. The molecule has 1 atom stereocenters. The van der Waals surface area contributed by atoms with E-state index in [1.54, 1.807) is 0 Å². The standard InChI is InChI=1S/C10H24N4O/c1-8(2)5-9(7-14(3)4)12-6-10(11)13-15/h8-9,12,15H,5-7H2,1-4H3,(H2,11,13). The van der Waals surface area contributed by atoms with Gasteiger partial charge in [0.05, 0.1) is 6.54 Å². The Bertz CT molecular complexity index is 182. The molecule has 5 nitrogen and oxygen atoms in total. The van der Waals surface area contributed by atoms with E-state index in [1.165, 1.54) is 0 Å². The molecule has 0 saturated carbocycles. The van der Waals surface area contributed by atoms with Crippen LogP contribution in [-0.2, 0) is 0 Å². The van der Waals surface area contributed by atoms with E-state index in [2.05, 4.69) is 29.2 Å². The molecule has 0 heterocycles. The minimum Gasteiger partial charge on any atom is -0.409 e. The fourth-order valence-electron chi connectivity index (χ4n) is 1.52. The second-order valence-electron chi connectivity index (χ2n) is 4.56. The third kappa shape index (κ3) is 8.20. The van der Waals surface area contributed by atoms with Crippen LogP contribution in [0.5, 0.6) is 0 Å². The van der Waals surface area contributed by atoms with Gasteiger partial charge in [0.1, 0.15) is 0 Å². The van der Waals surface area contributed by atoms with E-state index in [0.29, 0.717) is 18.5 Å². The van der Waals surface area contributed by atoms with Crippen LogP contribution in [0.3, 0.4) is 0 Å². The lowest BCUT2D eigenvalue weighted by molar-refractivity contribution is 0.305. The molecule has 0 rings (SSSR count). The number of hydrogen-bond donors (Lipinski definition) is 3. The number of nitrogens with one attached hydrogen (secondary N) is 1. The van der Waals surface area contributed by atoms with Gasteiger partial charge in [-0.1, -0.05) is 19.0 Å². The van der Waals surface area contributed by atoms with Gasteiger partial charge < -0.3 is 21.2 Å². The van der Waals surface area contributed by atoms with Crippen LogP contribution in [0, 0.1) is 5.92 Å². The van der Waals surface area contributed by atoms with Crippen molar-refractivity contribution in [3.8, 4) is 0 Å². The summed E-state index contributed by atoms with van der Waals surface area (Å²) in [7, 11) is 4.08. The quantitative estimate of drug-likeness (QED) is 0.248. The van der Waals surface area contributed by atoms with Crippen molar-refractivity contribution < 1.29 is 5.21 Å². The fourth-order valence-corrected chi connectivity index (χ4v) is 1.52. The summed E-state index contributed by atoms with van der Waals surface area (Å²) in [6.07, 6.45) is 1.08. The maximum atomic E-state index is 8.42. The number of nitrogens with zero attached hydrogens (tertiary/aromatic N) is 2. The Labute approximate surface area is 92.3 Å². The average Bonchev–Trinajstić information content (AvgIpc) is 2.11. The normalized spacial score (nSPS) is 14.9. The molecule has 0 amide bonds. The van der Waals surface area contributed by atoms with E-state index in [1.807, 2.05) is 14.1 Å². The average molecular weight is 216 g/mol. The first kappa shape index (κ1) is 14.2. The fraction of sp³-hybridized carbons (Fsp3) is 0.900. The minimum atomic E-state index is 0.225. The molecular weight excluding hydrogens is 192 g/mol. The predicted molar refractivity (Wildman–Crippen MR) is 63.2 cm³/mol. The molecule has 0 bridgehead atoms. The van der Waals surface area contributed by atoms with Gasteiger partial charge in [-0.3, -0.25) is 0 Å². The van der Waals surface area contributed by atoms with E-state index in [4.69, 9.17) is 10.9 Å². The number of oxime groups is 1. The maximum Gasteiger partial charge on any atom is 0.153 e. The lowest BCUT2D eigenvalue weighted by Crippen LogP contribution is -2.43. The summed E-state index contributed by atoms with van der Waals surface area (Å²) in [5, 5.41) is 14.6. The molecule has 1 unspecified atom stereocenters. The lowest BCUT2D eigenvalue weighted by Gasteiger charge is -2.23. The van der Waals surface area contributed by atoms with Gasteiger partial charge in [0.25, 0.3) is 0 Å². The highest BCUT2D eigenvalue weighted by Crippen LogP contribution is 2.05. The van der Waals surface area contributed by atoms with Crippen LogP contribution in [0.25, 0.3) is 0 Å². The molecular formula is C10H24N4O. The lowest BCUT2D eigenvalue weighted by atomic mass is 10.0.